The molecule has 1 rings (SSSR count). The standard InChI is InChI=1S/C12H16N2O4/c1-2-11(16)13-9-4-3-5-10(8-9)14-12(17)18-7-6-15/h3-5,8,15H,2,6-7H2,1H3,(H,13,16)(H,14,17). The molecule has 6 heteroatoms. The van der Waals surface area contributed by atoms with Crippen molar-refractivity contribution in [1.82, 2.24) is 0 Å². The molecule has 0 aliphatic carbocycles. The predicted molar refractivity (Wildman–Crippen MR) is 67.4 cm³/mol. The number of carbonyl (C=O) groups excluding carboxylic acids is 2. The van der Waals surface area contributed by atoms with Crippen molar-refractivity contribution in [2.24, 2.45) is 0 Å². The highest BCUT2D eigenvalue weighted by Gasteiger charge is 2.04. The summed E-state index contributed by atoms with van der Waals surface area (Å²) in [4.78, 5) is 22.4. The normalized spacial score (nSPS) is 9.67. The lowest BCUT2D eigenvalue weighted by molar-refractivity contribution is -0.115. The second kappa shape index (κ2) is 7.29. The topological polar surface area (TPSA) is 87.7 Å². The number of amides is 2. The van der Waals surface area contributed by atoms with Gasteiger partial charge in [-0.1, -0.05) is 13.0 Å². The van der Waals surface area contributed by atoms with Gasteiger partial charge in [0.25, 0.3) is 0 Å². The number of aliphatic hydroxyl groups is 1. The first-order valence-electron chi connectivity index (χ1n) is 5.60. The molecule has 18 heavy (non-hydrogen) atoms. The van der Waals surface area contributed by atoms with Gasteiger partial charge in [0.05, 0.1) is 6.61 Å². The van der Waals surface area contributed by atoms with Crippen LogP contribution in [0.25, 0.3) is 0 Å². The van der Waals surface area contributed by atoms with E-state index in [-0.39, 0.29) is 19.1 Å². The maximum absolute atomic E-state index is 11.2. The van der Waals surface area contributed by atoms with Crippen molar-refractivity contribution in [2.75, 3.05) is 23.8 Å². The van der Waals surface area contributed by atoms with Gasteiger partial charge in [0.2, 0.25) is 5.91 Å². The number of nitrogens with one attached hydrogen (secondary N) is 2. The van der Waals surface area contributed by atoms with Gasteiger partial charge in [-0.3, -0.25) is 10.1 Å². The van der Waals surface area contributed by atoms with Crippen LogP contribution in [-0.4, -0.2) is 30.3 Å². The predicted octanol–water partition coefficient (Wildman–Crippen LogP) is 1.58. The molecular formula is C12H16N2O4. The van der Waals surface area contributed by atoms with E-state index in [1.165, 1.54) is 0 Å². The fraction of sp³-hybridized carbons (Fsp3) is 0.333. The zero-order chi connectivity index (χ0) is 13.4. The summed E-state index contributed by atoms with van der Waals surface area (Å²) in [6.45, 7) is 1.47. The fourth-order valence-corrected chi connectivity index (χ4v) is 1.22. The average molecular weight is 252 g/mol. The summed E-state index contributed by atoms with van der Waals surface area (Å²) in [5.74, 6) is -0.102. The van der Waals surface area contributed by atoms with Crippen LogP contribution >= 0.6 is 0 Å². The van der Waals surface area contributed by atoms with Crippen LogP contribution in [0.1, 0.15) is 13.3 Å². The molecule has 6 nitrogen and oxygen atoms in total. The second-order valence-corrected chi connectivity index (χ2v) is 3.47. The third kappa shape index (κ3) is 4.84. The van der Waals surface area contributed by atoms with E-state index in [1.54, 1.807) is 31.2 Å². The molecule has 0 spiro atoms. The molecule has 0 heterocycles. The molecule has 0 saturated heterocycles. The summed E-state index contributed by atoms with van der Waals surface area (Å²) in [5, 5.41) is 13.7. The number of benzene rings is 1. The van der Waals surface area contributed by atoms with Crippen molar-refractivity contribution in [1.29, 1.82) is 0 Å². The van der Waals surface area contributed by atoms with E-state index in [2.05, 4.69) is 15.4 Å². The Morgan fingerprint density at radius 2 is 1.94 bits per heavy atom. The largest absolute Gasteiger partial charge is 0.447 e. The maximum atomic E-state index is 11.2. The van der Waals surface area contributed by atoms with E-state index in [4.69, 9.17) is 5.11 Å². The van der Waals surface area contributed by atoms with Crippen LogP contribution in [0.5, 0.6) is 0 Å². The summed E-state index contributed by atoms with van der Waals surface area (Å²) in [6, 6.07) is 6.71. The van der Waals surface area contributed by atoms with Gasteiger partial charge in [-0.25, -0.2) is 4.79 Å². The Hall–Kier alpha value is -2.08. The Morgan fingerprint density at radius 1 is 1.28 bits per heavy atom. The van der Waals surface area contributed by atoms with Crippen LogP contribution < -0.4 is 10.6 Å². The molecule has 0 bridgehead atoms. The monoisotopic (exact) mass is 252 g/mol. The lowest BCUT2D eigenvalue weighted by Crippen LogP contribution is -2.16. The fourth-order valence-electron chi connectivity index (χ4n) is 1.22. The first-order valence-corrected chi connectivity index (χ1v) is 5.60. The summed E-state index contributed by atoms with van der Waals surface area (Å²) in [5.41, 5.74) is 1.11. The van der Waals surface area contributed by atoms with Crippen molar-refractivity contribution in [2.45, 2.75) is 13.3 Å². The molecule has 0 radical (unpaired) electrons. The molecule has 0 aromatic heterocycles. The number of carbonyl (C=O) groups is 2. The Balaban J connectivity index is 2.59. The molecule has 0 unspecified atom stereocenters. The van der Waals surface area contributed by atoms with E-state index in [0.29, 0.717) is 17.8 Å². The van der Waals surface area contributed by atoms with Gasteiger partial charge in [0.1, 0.15) is 6.61 Å². The Bertz CT molecular complexity index is 420. The molecule has 3 N–H and O–H groups in total. The third-order valence-corrected chi connectivity index (χ3v) is 2.04. The Morgan fingerprint density at radius 3 is 2.56 bits per heavy atom. The maximum Gasteiger partial charge on any atom is 0.411 e. The number of hydrogen-bond acceptors (Lipinski definition) is 4. The highest BCUT2D eigenvalue weighted by Crippen LogP contribution is 2.15. The van der Waals surface area contributed by atoms with Crippen LogP contribution in [0.2, 0.25) is 0 Å². The molecule has 0 aliphatic rings. The summed E-state index contributed by atoms with van der Waals surface area (Å²) < 4.78 is 4.65. The summed E-state index contributed by atoms with van der Waals surface area (Å²) >= 11 is 0. The minimum absolute atomic E-state index is 0.0574. The Kier molecular flexibility index (Phi) is 5.66. The van der Waals surface area contributed by atoms with Crippen molar-refractivity contribution >= 4 is 23.4 Å². The van der Waals surface area contributed by atoms with E-state index >= 15 is 0 Å². The van der Waals surface area contributed by atoms with Gasteiger partial charge in [0, 0.05) is 17.8 Å². The van der Waals surface area contributed by atoms with Crippen molar-refractivity contribution in [3.8, 4) is 0 Å². The number of aliphatic hydroxyl groups excluding tert-OH is 1. The van der Waals surface area contributed by atoms with E-state index < -0.39 is 6.09 Å². The molecule has 98 valence electrons. The Labute approximate surface area is 105 Å². The van der Waals surface area contributed by atoms with Crippen LogP contribution in [0.15, 0.2) is 24.3 Å². The highest BCUT2D eigenvalue weighted by molar-refractivity contribution is 5.92. The van der Waals surface area contributed by atoms with Gasteiger partial charge in [-0.2, -0.15) is 0 Å². The van der Waals surface area contributed by atoms with Crippen molar-refractivity contribution in [3.63, 3.8) is 0 Å². The zero-order valence-corrected chi connectivity index (χ0v) is 10.1. The molecule has 0 fully saturated rings. The first-order chi connectivity index (χ1) is 8.65. The molecule has 0 aliphatic heterocycles. The number of ether oxygens (including phenoxy) is 1. The number of rotatable bonds is 5. The van der Waals surface area contributed by atoms with E-state index in [9.17, 15) is 9.59 Å². The minimum Gasteiger partial charge on any atom is -0.447 e. The van der Waals surface area contributed by atoms with Gasteiger partial charge in [-0.05, 0) is 18.2 Å². The SMILES string of the molecule is CCC(=O)Nc1cccc(NC(=O)OCCO)c1. The molecule has 0 atom stereocenters. The molecule has 2 amide bonds. The third-order valence-electron chi connectivity index (χ3n) is 2.04. The van der Waals surface area contributed by atoms with Gasteiger partial charge >= 0.3 is 6.09 Å². The molecule has 1 aromatic carbocycles. The molecular weight excluding hydrogens is 236 g/mol. The van der Waals surface area contributed by atoms with Crippen LogP contribution in [0, 0.1) is 0 Å². The van der Waals surface area contributed by atoms with Crippen molar-refractivity contribution < 1.29 is 19.4 Å². The van der Waals surface area contributed by atoms with E-state index in [0.717, 1.165) is 0 Å². The first kappa shape index (κ1) is 14.0. The van der Waals surface area contributed by atoms with Gasteiger partial charge in [-0.15, -0.1) is 0 Å². The van der Waals surface area contributed by atoms with Crippen molar-refractivity contribution in [3.05, 3.63) is 24.3 Å². The number of hydrogen-bond donors (Lipinski definition) is 3. The smallest absolute Gasteiger partial charge is 0.411 e. The van der Waals surface area contributed by atoms with Crippen LogP contribution in [-0.2, 0) is 9.53 Å². The van der Waals surface area contributed by atoms with E-state index in [1.807, 2.05) is 0 Å². The lowest BCUT2D eigenvalue weighted by Gasteiger charge is -2.08. The quantitative estimate of drug-likeness (QED) is 0.742. The van der Waals surface area contributed by atoms with Gasteiger partial charge < -0.3 is 15.2 Å². The van der Waals surface area contributed by atoms with Crippen LogP contribution in [0.4, 0.5) is 16.2 Å². The van der Waals surface area contributed by atoms with Crippen LogP contribution in [0.3, 0.4) is 0 Å². The van der Waals surface area contributed by atoms with Gasteiger partial charge in [0.15, 0.2) is 0 Å². The zero-order valence-electron chi connectivity index (χ0n) is 10.1. The average Bonchev–Trinajstić information content (AvgIpc) is 2.36. The lowest BCUT2D eigenvalue weighted by atomic mass is 10.2. The minimum atomic E-state index is -0.650. The summed E-state index contributed by atoms with van der Waals surface area (Å²) in [7, 11) is 0. The molecule has 1 aromatic rings. The second-order valence-electron chi connectivity index (χ2n) is 3.47. The summed E-state index contributed by atoms with van der Waals surface area (Å²) in [6.07, 6.45) is -0.265. The molecule has 0 saturated carbocycles. The number of anilines is 2. The highest BCUT2D eigenvalue weighted by atomic mass is 16.6.